The second kappa shape index (κ2) is 9.70. The van der Waals surface area contributed by atoms with Gasteiger partial charge in [0.25, 0.3) is 0 Å². The van der Waals surface area contributed by atoms with Gasteiger partial charge in [-0.15, -0.1) is 0 Å². The van der Waals surface area contributed by atoms with Crippen LogP contribution in [-0.2, 0) is 20.7 Å². The summed E-state index contributed by atoms with van der Waals surface area (Å²) in [6.07, 6.45) is 3.08. The number of hydrogen-bond acceptors (Lipinski definition) is 6. The third kappa shape index (κ3) is 5.95. The van der Waals surface area contributed by atoms with Crippen LogP contribution in [0.1, 0.15) is 12.0 Å². The first-order valence-electron chi connectivity index (χ1n) is 9.16. The van der Waals surface area contributed by atoms with E-state index in [1.165, 1.54) is 0 Å². The predicted molar refractivity (Wildman–Crippen MR) is 95.9 cm³/mol. The summed E-state index contributed by atoms with van der Waals surface area (Å²) < 4.78 is 10.7. The van der Waals surface area contributed by atoms with Crippen LogP contribution in [0.2, 0.25) is 0 Å². The summed E-state index contributed by atoms with van der Waals surface area (Å²) in [6, 6.07) is 4.08. The smallest absolute Gasteiger partial charge is 0.220 e. The number of hydrogen-bond donors (Lipinski definition) is 1. The lowest BCUT2D eigenvalue weighted by Crippen LogP contribution is -2.41. The molecule has 1 aromatic rings. The second-order valence-corrected chi connectivity index (χ2v) is 6.43. The normalized spacial score (nSPS) is 19.0. The summed E-state index contributed by atoms with van der Waals surface area (Å²) in [4.78, 5) is 21.0. The Labute approximate surface area is 149 Å². The SMILES string of the molecule is O=C(CCc1ccnc(N2CCOCC2)c1)NCCN1CCOCC1. The van der Waals surface area contributed by atoms with Crippen molar-refractivity contribution in [2.24, 2.45) is 0 Å². The Morgan fingerprint density at radius 1 is 1.12 bits per heavy atom. The summed E-state index contributed by atoms with van der Waals surface area (Å²) >= 11 is 0. The van der Waals surface area contributed by atoms with Crippen molar-refractivity contribution < 1.29 is 14.3 Å². The molecule has 0 bridgehead atoms. The van der Waals surface area contributed by atoms with Gasteiger partial charge in [-0.3, -0.25) is 9.69 Å². The molecule has 0 aliphatic carbocycles. The molecule has 0 atom stereocenters. The van der Waals surface area contributed by atoms with Gasteiger partial charge in [0.1, 0.15) is 5.82 Å². The monoisotopic (exact) mass is 348 g/mol. The van der Waals surface area contributed by atoms with Gasteiger partial charge in [0.15, 0.2) is 0 Å². The lowest BCUT2D eigenvalue weighted by atomic mass is 10.1. The largest absolute Gasteiger partial charge is 0.379 e. The molecule has 0 saturated carbocycles. The van der Waals surface area contributed by atoms with E-state index in [0.717, 1.165) is 77.0 Å². The minimum atomic E-state index is 0.109. The Kier molecular flexibility index (Phi) is 7.02. The molecule has 2 fully saturated rings. The van der Waals surface area contributed by atoms with Crippen molar-refractivity contribution in [3.8, 4) is 0 Å². The van der Waals surface area contributed by atoms with Gasteiger partial charge in [-0.2, -0.15) is 0 Å². The molecule has 1 amide bonds. The highest BCUT2D eigenvalue weighted by molar-refractivity contribution is 5.76. The van der Waals surface area contributed by atoms with E-state index in [9.17, 15) is 4.79 Å². The van der Waals surface area contributed by atoms with Crippen molar-refractivity contribution in [1.82, 2.24) is 15.2 Å². The van der Waals surface area contributed by atoms with E-state index in [4.69, 9.17) is 9.47 Å². The highest BCUT2D eigenvalue weighted by Gasteiger charge is 2.13. The zero-order chi connectivity index (χ0) is 17.3. The fourth-order valence-electron chi connectivity index (χ4n) is 3.11. The van der Waals surface area contributed by atoms with Crippen LogP contribution in [-0.4, -0.2) is 81.5 Å². The van der Waals surface area contributed by atoms with Crippen LogP contribution in [0.4, 0.5) is 5.82 Å². The molecule has 7 nitrogen and oxygen atoms in total. The third-order valence-corrected chi connectivity index (χ3v) is 4.64. The molecule has 7 heteroatoms. The number of aryl methyl sites for hydroxylation is 1. The van der Waals surface area contributed by atoms with Gasteiger partial charge in [0, 0.05) is 51.9 Å². The fourth-order valence-corrected chi connectivity index (χ4v) is 3.11. The molecule has 1 N–H and O–H groups in total. The molecule has 0 unspecified atom stereocenters. The van der Waals surface area contributed by atoms with Crippen LogP contribution in [0.3, 0.4) is 0 Å². The number of carbonyl (C=O) groups is 1. The van der Waals surface area contributed by atoms with Crippen LogP contribution in [0, 0.1) is 0 Å². The molecule has 3 heterocycles. The Morgan fingerprint density at radius 3 is 2.60 bits per heavy atom. The van der Waals surface area contributed by atoms with E-state index in [-0.39, 0.29) is 5.91 Å². The molecular formula is C18H28N4O3. The predicted octanol–water partition coefficient (Wildman–Crippen LogP) is 0.299. The molecule has 1 aromatic heterocycles. The van der Waals surface area contributed by atoms with Gasteiger partial charge in [-0.1, -0.05) is 0 Å². The van der Waals surface area contributed by atoms with Crippen molar-refractivity contribution in [2.45, 2.75) is 12.8 Å². The molecule has 0 aromatic carbocycles. The highest BCUT2D eigenvalue weighted by atomic mass is 16.5. The number of carbonyl (C=O) groups excluding carboxylic acids is 1. The van der Waals surface area contributed by atoms with E-state index >= 15 is 0 Å². The van der Waals surface area contributed by atoms with E-state index in [1.807, 2.05) is 12.3 Å². The molecule has 3 rings (SSSR count). The fraction of sp³-hybridized carbons (Fsp3) is 0.667. The maximum absolute atomic E-state index is 12.0. The number of amides is 1. The zero-order valence-electron chi connectivity index (χ0n) is 14.8. The van der Waals surface area contributed by atoms with Crippen LogP contribution >= 0.6 is 0 Å². The lowest BCUT2D eigenvalue weighted by molar-refractivity contribution is -0.121. The number of rotatable bonds is 7. The van der Waals surface area contributed by atoms with Gasteiger partial charge >= 0.3 is 0 Å². The molecule has 0 spiro atoms. The second-order valence-electron chi connectivity index (χ2n) is 6.43. The van der Waals surface area contributed by atoms with E-state index in [1.54, 1.807) is 0 Å². The van der Waals surface area contributed by atoms with E-state index < -0.39 is 0 Å². The van der Waals surface area contributed by atoms with Gasteiger partial charge < -0.3 is 19.7 Å². The van der Waals surface area contributed by atoms with Gasteiger partial charge in [-0.25, -0.2) is 4.98 Å². The quantitative estimate of drug-likeness (QED) is 0.764. The Balaban J connectivity index is 1.38. The summed E-state index contributed by atoms with van der Waals surface area (Å²) in [6.45, 7) is 8.34. The van der Waals surface area contributed by atoms with Crippen LogP contribution in [0.25, 0.3) is 0 Å². The summed E-state index contributed by atoms with van der Waals surface area (Å²) in [7, 11) is 0. The Hall–Kier alpha value is -1.70. The van der Waals surface area contributed by atoms with Crippen LogP contribution < -0.4 is 10.2 Å². The number of pyridine rings is 1. The lowest BCUT2D eigenvalue weighted by Gasteiger charge is -2.28. The number of nitrogens with zero attached hydrogens (tertiary/aromatic N) is 3. The molecule has 2 aliphatic heterocycles. The summed E-state index contributed by atoms with van der Waals surface area (Å²) in [5, 5.41) is 3.01. The molecule has 25 heavy (non-hydrogen) atoms. The zero-order valence-corrected chi connectivity index (χ0v) is 14.8. The van der Waals surface area contributed by atoms with Gasteiger partial charge in [0.05, 0.1) is 26.4 Å². The maximum atomic E-state index is 12.0. The first-order chi connectivity index (χ1) is 12.3. The van der Waals surface area contributed by atoms with Crippen molar-refractivity contribution in [2.75, 3.05) is 70.6 Å². The number of morpholine rings is 2. The number of anilines is 1. The standard InChI is InChI=1S/C18H28N4O3/c23-18(20-5-6-21-7-11-24-12-8-21)2-1-16-3-4-19-17(15-16)22-9-13-25-14-10-22/h3-4,15H,1-2,5-14H2,(H,20,23). The minimum absolute atomic E-state index is 0.109. The number of ether oxygens (including phenoxy) is 2. The topological polar surface area (TPSA) is 66.9 Å². The molecular weight excluding hydrogens is 320 g/mol. The first kappa shape index (κ1) is 18.1. The minimum Gasteiger partial charge on any atom is -0.379 e. The Bertz CT molecular complexity index is 543. The number of aromatic nitrogens is 1. The molecule has 2 saturated heterocycles. The summed E-state index contributed by atoms with van der Waals surface area (Å²) in [5.41, 5.74) is 1.15. The third-order valence-electron chi connectivity index (χ3n) is 4.64. The summed E-state index contributed by atoms with van der Waals surface area (Å²) in [5.74, 6) is 1.09. The first-order valence-corrected chi connectivity index (χ1v) is 9.16. The average Bonchev–Trinajstić information content (AvgIpc) is 2.68. The molecule has 2 aliphatic rings. The highest BCUT2D eigenvalue weighted by Crippen LogP contribution is 2.15. The Morgan fingerprint density at radius 2 is 1.84 bits per heavy atom. The van der Waals surface area contributed by atoms with E-state index in [0.29, 0.717) is 13.0 Å². The van der Waals surface area contributed by atoms with Crippen molar-refractivity contribution >= 4 is 11.7 Å². The van der Waals surface area contributed by atoms with E-state index in [2.05, 4.69) is 26.2 Å². The van der Waals surface area contributed by atoms with Crippen molar-refractivity contribution in [3.05, 3.63) is 23.9 Å². The van der Waals surface area contributed by atoms with Crippen molar-refractivity contribution in [1.29, 1.82) is 0 Å². The molecule has 0 radical (unpaired) electrons. The van der Waals surface area contributed by atoms with Crippen LogP contribution in [0.5, 0.6) is 0 Å². The average molecular weight is 348 g/mol. The number of nitrogens with one attached hydrogen (secondary N) is 1. The van der Waals surface area contributed by atoms with Crippen LogP contribution in [0.15, 0.2) is 18.3 Å². The van der Waals surface area contributed by atoms with Gasteiger partial charge in [-0.05, 0) is 24.1 Å². The van der Waals surface area contributed by atoms with Gasteiger partial charge in [0.2, 0.25) is 5.91 Å². The maximum Gasteiger partial charge on any atom is 0.220 e. The van der Waals surface area contributed by atoms with Crippen molar-refractivity contribution in [3.63, 3.8) is 0 Å². The molecule has 138 valence electrons.